The van der Waals surface area contributed by atoms with Crippen molar-refractivity contribution >= 4 is 7.60 Å². The monoisotopic (exact) mass is 200 g/mol. The van der Waals surface area contributed by atoms with E-state index in [2.05, 4.69) is 4.74 Å². The zero-order chi connectivity index (χ0) is 9.61. The molecule has 0 heterocycles. The molecule has 0 aliphatic carbocycles. The summed E-state index contributed by atoms with van der Waals surface area (Å²) >= 11 is 0. The van der Waals surface area contributed by atoms with E-state index in [0.29, 0.717) is 0 Å². The van der Waals surface area contributed by atoms with Crippen LogP contribution in [-0.4, -0.2) is 45.7 Å². The Morgan fingerprint density at radius 3 is 2.42 bits per heavy atom. The molecule has 0 fully saturated rings. The minimum Gasteiger partial charge on any atom is -0.394 e. The van der Waals surface area contributed by atoms with Crippen molar-refractivity contribution in [3.05, 3.63) is 0 Å². The van der Waals surface area contributed by atoms with Crippen LogP contribution < -0.4 is 0 Å². The molecule has 74 valence electrons. The van der Waals surface area contributed by atoms with Gasteiger partial charge < -0.3 is 24.7 Å². The van der Waals surface area contributed by atoms with Crippen LogP contribution in [0.1, 0.15) is 6.42 Å². The van der Waals surface area contributed by atoms with Gasteiger partial charge in [0.1, 0.15) is 6.35 Å². The SMILES string of the molecule is O=P(O)(O)COCCC(O)CO. The summed E-state index contributed by atoms with van der Waals surface area (Å²) in [7, 11) is -4.10. The van der Waals surface area contributed by atoms with Crippen molar-refractivity contribution in [2.75, 3.05) is 19.6 Å². The van der Waals surface area contributed by atoms with Gasteiger partial charge in [0.25, 0.3) is 0 Å². The van der Waals surface area contributed by atoms with E-state index in [1.165, 1.54) is 0 Å². The number of rotatable bonds is 6. The van der Waals surface area contributed by atoms with Gasteiger partial charge in [0.05, 0.1) is 12.7 Å². The lowest BCUT2D eigenvalue weighted by Crippen LogP contribution is -2.14. The van der Waals surface area contributed by atoms with Crippen LogP contribution >= 0.6 is 7.60 Å². The maximum absolute atomic E-state index is 10.2. The van der Waals surface area contributed by atoms with Crippen LogP contribution in [0.15, 0.2) is 0 Å². The van der Waals surface area contributed by atoms with E-state index in [9.17, 15) is 4.57 Å². The summed E-state index contributed by atoms with van der Waals surface area (Å²) in [4.78, 5) is 16.6. The summed E-state index contributed by atoms with van der Waals surface area (Å²) in [5, 5.41) is 17.1. The molecule has 0 aromatic rings. The van der Waals surface area contributed by atoms with Crippen molar-refractivity contribution in [2.45, 2.75) is 12.5 Å². The molecule has 0 saturated heterocycles. The molecule has 0 aromatic carbocycles. The van der Waals surface area contributed by atoms with Gasteiger partial charge in [-0.3, -0.25) is 4.57 Å². The quantitative estimate of drug-likeness (QED) is 0.319. The van der Waals surface area contributed by atoms with Crippen LogP contribution in [0, 0.1) is 0 Å². The maximum atomic E-state index is 10.2. The average molecular weight is 200 g/mol. The van der Waals surface area contributed by atoms with E-state index >= 15 is 0 Å². The standard InChI is InChI=1S/C5H13O6P/c6-3-5(7)1-2-11-4-12(8,9)10/h5-7H,1-4H2,(H2,8,9,10). The second-order valence-electron chi connectivity index (χ2n) is 2.33. The molecule has 0 bridgehead atoms. The fourth-order valence-electron chi connectivity index (χ4n) is 0.494. The summed E-state index contributed by atoms with van der Waals surface area (Å²) in [5.41, 5.74) is 0. The molecule has 0 aromatic heterocycles. The molecule has 0 saturated carbocycles. The van der Waals surface area contributed by atoms with E-state index in [-0.39, 0.29) is 19.6 Å². The third-order valence-electron chi connectivity index (χ3n) is 1.07. The fraction of sp³-hybridized carbons (Fsp3) is 1.00. The highest BCUT2D eigenvalue weighted by atomic mass is 31.2. The van der Waals surface area contributed by atoms with Crippen LogP contribution in [-0.2, 0) is 9.30 Å². The van der Waals surface area contributed by atoms with Crippen LogP contribution in [0.2, 0.25) is 0 Å². The number of hydrogen-bond acceptors (Lipinski definition) is 4. The molecule has 7 heteroatoms. The van der Waals surface area contributed by atoms with Gasteiger partial charge >= 0.3 is 7.60 Å². The van der Waals surface area contributed by atoms with E-state index < -0.39 is 20.0 Å². The van der Waals surface area contributed by atoms with Gasteiger partial charge in [-0.05, 0) is 6.42 Å². The van der Waals surface area contributed by atoms with E-state index in [4.69, 9.17) is 20.0 Å². The van der Waals surface area contributed by atoms with Crippen LogP contribution in [0.4, 0.5) is 0 Å². The Kier molecular flexibility index (Phi) is 5.65. The molecular weight excluding hydrogens is 187 g/mol. The smallest absolute Gasteiger partial charge is 0.350 e. The molecule has 1 unspecified atom stereocenters. The third-order valence-corrected chi connectivity index (χ3v) is 1.58. The van der Waals surface area contributed by atoms with Gasteiger partial charge in [-0.1, -0.05) is 0 Å². The number of hydrogen-bond donors (Lipinski definition) is 4. The molecule has 0 aliphatic heterocycles. The second-order valence-corrected chi connectivity index (χ2v) is 3.91. The highest BCUT2D eigenvalue weighted by molar-refractivity contribution is 7.51. The van der Waals surface area contributed by atoms with Gasteiger partial charge in [-0.15, -0.1) is 0 Å². The summed E-state index contributed by atoms with van der Waals surface area (Å²) < 4.78 is 14.7. The highest BCUT2D eigenvalue weighted by Gasteiger charge is 2.12. The molecule has 1 atom stereocenters. The van der Waals surface area contributed by atoms with E-state index in [0.717, 1.165) is 0 Å². The van der Waals surface area contributed by atoms with Crippen molar-refractivity contribution < 1.29 is 29.3 Å². The molecule has 0 spiro atoms. The van der Waals surface area contributed by atoms with E-state index in [1.54, 1.807) is 0 Å². The van der Waals surface area contributed by atoms with Crippen molar-refractivity contribution in [3.8, 4) is 0 Å². The molecule has 0 amide bonds. The summed E-state index contributed by atoms with van der Waals surface area (Å²) in [6, 6.07) is 0. The maximum Gasteiger partial charge on any atom is 0.350 e. The predicted octanol–water partition coefficient (Wildman–Crippen LogP) is -1.12. The van der Waals surface area contributed by atoms with Gasteiger partial charge in [-0.25, -0.2) is 0 Å². The Morgan fingerprint density at radius 2 is 2.00 bits per heavy atom. The van der Waals surface area contributed by atoms with Crippen LogP contribution in [0.5, 0.6) is 0 Å². The normalized spacial score (nSPS) is 14.7. The molecule has 0 radical (unpaired) electrons. The Hall–Kier alpha value is 0.0300. The lowest BCUT2D eigenvalue weighted by molar-refractivity contribution is 0.0556. The predicted molar refractivity (Wildman–Crippen MR) is 40.6 cm³/mol. The topological polar surface area (TPSA) is 107 Å². The third kappa shape index (κ3) is 8.13. The molecule has 0 rings (SSSR count). The second kappa shape index (κ2) is 5.64. The number of aliphatic hydroxyl groups excluding tert-OH is 2. The molecule has 12 heavy (non-hydrogen) atoms. The Labute approximate surface area is 70.0 Å². The van der Waals surface area contributed by atoms with Gasteiger partial charge in [0.2, 0.25) is 0 Å². The summed E-state index contributed by atoms with van der Waals surface area (Å²) in [6.45, 7) is -0.355. The number of ether oxygens (including phenoxy) is 1. The fourth-order valence-corrected chi connectivity index (χ4v) is 0.861. The van der Waals surface area contributed by atoms with Crippen molar-refractivity contribution in [3.63, 3.8) is 0 Å². The molecule has 4 N–H and O–H groups in total. The zero-order valence-corrected chi connectivity index (χ0v) is 7.35. The highest BCUT2D eigenvalue weighted by Crippen LogP contribution is 2.33. The Balaban J connectivity index is 3.28. The van der Waals surface area contributed by atoms with Crippen molar-refractivity contribution in [1.29, 1.82) is 0 Å². The van der Waals surface area contributed by atoms with Gasteiger partial charge in [-0.2, -0.15) is 0 Å². The lowest BCUT2D eigenvalue weighted by atomic mass is 10.3. The first-order valence-corrected chi connectivity index (χ1v) is 5.16. The van der Waals surface area contributed by atoms with Gasteiger partial charge in [0, 0.05) is 6.61 Å². The van der Waals surface area contributed by atoms with Gasteiger partial charge in [0.15, 0.2) is 0 Å². The zero-order valence-electron chi connectivity index (χ0n) is 6.46. The molecule has 6 nitrogen and oxygen atoms in total. The van der Waals surface area contributed by atoms with E-state index in [1.807, 2.05) is 0 Å². The number of aliphatic hydroxyl groups is 2. The summed E-state index contributed by atoms with van der Waals surface area (Å²) in [5.74, 6) is 0. The summed E-state index contributed by atoms with van der Waals surface area (Å²) in [6.07, 6.45) is -1.37. The minimum atomic E-state index is -4.10. The van der Waals surface area contributed by atoms with Crippen LogP contribution in [0.3, 0.4) is 0 Å². The first kappa shape index (κ1) is 12.0. The Morgan fingerprint density at radius 1 is 1.42 bits per heavy atom. The Bertz CT molecular complexity index is 154. The first-order valence-electron chi connectivity index (χ1n) is 3.37. The minimum absolute atomic E-state index is 0.0207. The van der Waals surface area contributed by atoms with Crippen LogP contribution in [0.25, 0.3) is 0 Å². The first-order chi connectivity index (χ1) is 5.45. The molecular formula is C5H13O6P. The molecule has 0 aliphatic rings. The average Bonchev–Trinajstić information content (AvgIpc) is 1.96. The van der Waals surface area contributed by atoms with Crippen molar-refractivity contribution in [2.24, 2.45) is 0 Å². The van der Waals surface area contributed by atoms with Crippen molar-refractivity contribution in [1.82, 2.24) is 0 Å². The largest absolute Gasteiger partial charge is 0.394 e. The lowest BCUT2D eigenvalue weighted by Gasteiger charge is -2.08.